The van der Waals surface area contributed by atoms with Gasteiger partial charge in [-0.15, -0.1) is 13.2 Å². The highest BCUT2D eigenvalue weighted by Gasteiger charge is 2.25. The van der Waals surface area contributed by atoms with Crippen molar-refractivity contribution in [2.24, 2.45) is 11.8 Å². The summed E-state index contributed by atoms with van der Waals surface area (Å²) in [6, 6.07) is 1.99. The van der Waals surface area contributed by atoms with E-state index < -0.39 is 5.92 Å². The summed E-state index contributed by atoms with van der Waals surface area (Å²) in [4.78, 5) is 0. The van der Waals surface area contributed by atoms with Crippen molar-refractivity contribution in [3.8, 4) is 6.07 Å². The summed E-state index contributed by atoms with van der Waals surface area (Å²) < 4.78 is 5.14. The highest BCUT2D eigenvalue weighted by atomic mass is 16.5. The Hall–Kier alpha value is -1.86. The number of rotatable bonds is 11. The molecule has 0 aromatic carbocycles. The van der Waals surface area contributed by atoms with Crippen LogP contribution in [0.25, 0.3) is 0 Å². The van der Waals surface area contributed by atoms with E-state index in [2.05, 4.69) is 24.5 Å². The average molecular weight is 261 g/mol. The molecule has 0 saturated heterocycles. The Bertz CT molecular complexity index is 344. The number of hydrogen-bond acceptors (Lipinski definition) is 4. The minimum absolute atomic E-state index is 0.0582. The van der Waals surface area contributed by atoms with Crippen molar-refractivity contribution in [3.63, 3.8) is 0 Å². The van der Waals surface area contributed by atoms with Crippen molar-refractivity contribution >= 4 is 6.21 Å². The lowest BCUT2D eigenvalue weighted by Gasteiger charge is -2.26. The van der Waals surface area contributed by atoms with Gasteiger partial charge in [0.25, 0.3) is 0 Å². The van der Waals surface area contributed by atoms with E-state index in [0.29, 0.717) is 19.6 Å². The van der Waals surface area contributed by atoms with Gasteiger partial charge in [0.2, 0.25) is 0 Å². The van der Waals surface area contributed by atoms with Crippen LogP contribution < -0.4 is 5.32 Å². The molecule has 0 radical (unpaired) electrons. The van der Waals surface area contributed by atoms with Gasteiger partial charge < -0.3 is 15.5 Å². The van der Waals surface area contributed by atoms with Crippen LogP contribution >= 0.6 is 0 Å². The molecule has 4 nitrogen and oxygen atoms in total. The molecule has 3 atom stereocenters. The van der Waals surface area contributed by atoms with Gasteiger partial charge in [-0.05, 0) is 25.3 Å². The number of nitrogens with zero attached hydrogens (tertiary/aromatic N) is 1. The maximum Gasteiger partial charge on any atom is 0.0966 e. The van der Waals surface area contributed by atoms with Crippen LogP contribution in [0.3, 0.4) is 0 Å². The van der Waals surface area contributed by atoms with E-state index in [1.54, 1.807) is 12.3 Å². The average Bonchev–Trinajstić information content (AvgIpc) is 2.44. The van der Waals surface area contributed by atoms with Crippen molar-refractivity contribution in [2.45, 2.75) is 19.4 Å². The van der Waals surface area contributed by atoms with Gasteiger partial charge in [0.1, 0.15) is 0 Å². The summed E-state index contributed by atoms with van der Waals surface area (Å²) >= 11 is 0. The van der Waals surface area contributed by atoms with Gasteiger partial charge in [0.15, 0.2) is 0 Å². The molecule has 0 aliphatic carbocycles. The summed E-state index contributed by atoms with van der Waals surface area (Å²) in [7, 11) is 0. The first-order chi connectivity index (χ1) is 9.24. The number of ether oxygens (including phenoxy) is 1. The molecule has 0 aromatic rings. The molecule has 2 N–H and O–H groups in total. The lowest BCUT2D eigenvalue weighted by atomic mass is 9.87. The van der Waals surface area contributed by atoms with Gasteiger partial charge in [-0.3, -0.25) is 0 Å². The lowest BCUT2D eigenvalue weighted by Crippen LogP contribution is -2.41. The van der Waals surface area contributed by atoms with Crippen LogP contribution in [-0.2, 0) is 4.74 Å². The minimum Gasteiger partial charge on any atom is -0.502 e. The van der Waals surface area contributed by atoms with Gasteiger partial charge in [-0.25, -0.2) is 0 Å². The second-order valence-corrected chi connectivity index (χ2v) is 4.01. The Kier molecular flexibility index (Phi) is 10.1. The summed E-state index contributed by atoms with van der Waals surface area (Å²) in [5, 5.41) is 19.7. The zero-order valence-electron chi connectivity index (χ0n) is 11.5. The summed E-state index contributed by atoms with van der Waals surface area (Å²) in [6.07, 6.45) is 9.00. The third kappa shape index (κ3) is 6.58. The molecular formula is C15H23N3O. The molecule has 0 fully saturated rings. The first kappa shape index (κ1) is 17.1. The fourth-order valence-electron chi connectivity index (χ4n) is 1.75. The molecule has 19 heavy (non-hydrogen) atoms. The Balaban J connectivity index is 4.75. The van der Waals surface area contributed by atoms with E-state index in [-0.39, 0.29) is 12.0 Å². The normalized spacial score (nSPS) is 15.2. The molecule has 0 saturated carbocycles. The molecule has 0 amide bonds. The molecule has 0 aliphatic rings. The zero-order valence-corrected chi connectivity index (χ0v) is 11.5. The van der Waals surface area contributed by atoms with E-state index in [0.717, 1.165) is 0 Å². The summed E-state index contributed by atoms with van der Waals surface area (Å²) in [5.41, 5.74) is 0. The molecular weight excluding hydrogens is 238 g/mol. The number of hydrogen-bond donors (Lipinski definition) is 2. The van der Waals surface area contributed by atoms with Crippen LogP contribution in [0.15, 0.2) is 37.6 Å². The van der Waals surface area contributed by atoms with E-state index in [4.69, 9.17) is 15.4 Å². The molecule has 0 bridgehead atoms. The van der Waals surface area contributed by atoms with Crippen LogP contribution in [0.2, 0.25) is 0 Å². The van der Waals surface area contributed by atoms with Crippen LogP contribution in [0.4, 0.5) is 0 Å². The number of nitrogens with one attached hydrogen (secondary N) is 2. The molecule has 0 spiro atoms. The van der Waals surface area contributed by atoms with Crippen molar-refractivity contribution in [1.82, 2.24) is 5.32 Å². The van der Waals surface area contributed by atoms with E-state index in [9.17, 15) is 0 Å². The van der Waals surface area contributed by atoms with Gasteiger partial charge in [-0.2, -0.15) is 5.26 Å². The summed E-state index contributed by atoms with van der Waals surface area (Å²) in [6.45, 7) is 10.6. The largest absolute Gasteiger partial charge is 0.502 e. The maximum atomic E-state index is 9.11. The van der Waals surface area contributed by atoms with E-state index >= 15 is 0 Å². The third-order valence-electron chi connectivity index (χ3n) is 2.74. The first-order valence-electron chi connectivity index (χ1n) is 6.38. The predicted octanol–water partition coefficient (Wildman–Crippen LogP) is 2.66. The smallest absolute Gasteiger partial charge is 0.0966 e. The fraction of sp³-hybridized carbons (Fsp3) is 0.467. The van der Waals surface area contributed by atoms with Crippen molar-refractivity contribution in [2.75, 3.05) is 13.2 Å². The van der Waals surface area contributed by atoms with Crippen LogP contribution in [0.1, 0.15) is 13.3 Å². The van der Waals surface area contributed by atoms with Crippen LogP contribution in [0.5, 0.6) is 0 Å². The van der Waals surface area contributed by atoms with Crippen molar-refractivity contribution in [1.29, 1.82) is 10.7 Å². The Morgan fingerprint density at radius 3 is 2.68 bits per heavy atom. The Morgan fingerprint density at radius 1 is 1.47 bits per heavy atom. The van der Waals surface area contributed by atoms with Crippen molar-refractivity contribution < 1.29 is 4.74 Å². The fourth-order valence-corrected chi connectivity index (χ4v) is 1.75. The second kappa shape index (κ2) is 11.2. The second-order valence-electron chi connectivity index (χ2n) is 4.01. The summed E-state index contributed by atoms with van der Waals surface area (Å²) in [5.74, 6) is -0.425. The van der Waals surface area contributed by atoms with E-state index in [1.807, 2.05) is 19.1 Å². The zero-order chi connectivity index (χ0) is 14.5. The van der Waals surface area contributed by atoms with Crippen LogP contribution in [0, 0.1) is 28.6 Å². The Labute approximate surface area is 116 Å². The molecule has 0 rings (SSSR count). The molecule has 4 heteroatoms. The molecule has 0 heterocycles. The van der Waals surface area contributed by atoms with Gasteiger partial charge in [-0.1, -0.05) is 12.2 Å². The SMILES string of the molecule is C=CCNC(C(C#N)C=N)C(C=C)C/C=C/OCC. The molecule has 0 aromatic heterocycles. The lowest BCUT2D eigenvalue weighted by molar-refractivity contribution is 0.267. The van der Waals surface area contributed by atoms with Gasteiger partial charge in [0, 0.05) is 18.8 Å². The van der Waals surface area contributed by atoms with Crippen molar-refractivity contribution in [3.05, 3.63) is 37.6 Å². The molecule has 0 aliphatic heterocycles. The highest BCUT2D eigenvalue weighted by molar-refractivity contribution is 5.62. The third-order valence-corrected chi connectivity index (χ3v) is 2.74. The Morgan fingerprint density at radius 2 is 2.21 bits per heavy atom. The molecule has 104 valence electrons. The van der Waals surface area contributed by atoms with Gasteiger partial charge in [0.05, 0.1) is 24.9 Å². The number of allylic oxidation sites excluding steroid dienone is 1. The number of nitriles is 1. The topological polar surface area (TPSA) is 68.9 Å². The van der Waals surface area contributed by atoms with E-state index in [1.165, 1.54) is 6.21 Å². The monoisotopic (exact) mass is 261 g/mol. The maximum absolute atomic E-state index is 9.11. The highest BCUT2D eigenvalue weighted by Crippen LogP contribution is 2.17. The molecule has 3 unspecified atom stereocenters. The predicted molar refractivity (Wildman–Crippen MR) is 78.9 cm³/mol. The van der Waals surface area contributed by atoms with Gasteiger partial charge >= 0.3 is 0 Å². The standard InChI is InChI=1S/C15H23N3O/c1-4-9-18-15(14(11-16)12-17)13(5-2)8-7-10-19-6-3/h4-5,7,10-11,13-16,18H,1-2,6,8-9H2,3H3/b10-7+,16-11?. The van der Waals surface area contributed by atoms with Crippen LogP contribution in [-0.4, -0.2) is 25.4 Å². The quantitative estimate of drug-likeness (QED) is 0.341. The minimum atomic E-state index is -0.483. The first-order valence-corrected chi connectivity index (χ1v) is 6.38.